The molecule has 0 aromatic carbocycles. The monoisotopic (exact) mass is 427 g/mol. The first kappa shape index (κ1) is 19.6. The summed E-state index contributed by atoms with van der Waals surface area (Å²) in [4.78, 5) is 18.9. The zero-order chi connectivity index (χ0) is 21.7. The van der Waals surface area contributed by atoms with Crippen molar-refractivity contribution in [2.45, 2.75) is 58.0 Å². The summed E-state index contributed by atoms with van der Waals surface area (Å²) >= 11 is 0. The van der Waals surface area contributed by atoms with Crippen LogP contribution in [0.3, 0.4) is 0 Å². The van der Waals surface area contributed by atoms with E-state index < -0.39 is 0 Å². The van der Waals surface area contributed by atoms with Crippen LogP contribution in [0.25, 0.3) is 21.9 Å². The molecule has 0 bridgehead atoms. The highest BCUT2D eigenvalue weighted by Crippen LogP contribution is 2.38. The van der Waals surface area contributed by atoms with Gasteiger partial charge in [0.25, 0.3) is 0 Å². The van der Waals surface area contributed by atoms with Crippen LogP contribution in [0.4, 0.5) is 11.8 Å². The lowest BCUT2D eigenvalue weighted by molar-refractivity contribution is 0.298. The fraction of sp³-hybridized carbons (Fsp3) is 0.440. The Morgan fingerprint density at radius 3 is 2.75 bits per heavy atom. The molecule has 4 aromatic heterocycles. The lowest BCUT2D eigenvalue weighted by Crippen LogP contribution is -2.27. The van der Waals surface area contributed by atoms with E-state index in [9.17, 15) is 0 Å². The van der Waals surface area contributed by atoms with Gasteiger partial charge in [0, 0.05) is 48.2 Å². The molecule has 1 aliphatic carbocycles. The van der Waals surface area contributed by atoms with Crippen LogP contribution in [0, 0.1) is 5.92 Å². The van der Waals surface area contributed by atoms with Gasteiger partial charge in [0.05, 0.1) is 17.4 Å². The molecule has 2 aliphatic rings. The molecule has 4 aromatic rings. The SMILES string of the molecule is C[C@@H]1CNCc2ccc(Nc3ncc4c5ccncc5n([C@H]5CC[C@H](C)CC5)c4n3)nc21. The molecule has 0 spiro atoms. The van der Waals surface area contributed by atoms with Gasteiger partial charge in [-0.25, -0.2) is 9.97 Å². The van der Waals surface area contributed by atoms with E-state index in [0.717, 1.165) is 47.1 Å². The van der Waals surface area contributed by atoms with Crippen LogP contribution in [0.5, 0.6) is 0 Å². The number of nitrogens with zero attached hydrogens (tertiary/aromatic N) is 5. The predicted molar refractivity (Wildman–Crippen MR) is 127 cm³/mol. The molecule has 2 N–H and O–H groups in total. The van der Waals surface area contributed by atoms with E-state index in [1.807, 2.05) is 24.7 Å². The fourth-order valence-corrected chi connectivity index (χ4v) is 5.38. The Bertz CT molecular complexity index is 1290. The van der Waals surface area contributed by atoms with Gasteiger partial charge in [0.1, 0.15) is 11.5 Å². The van der Waals surface area contributed by atoms with Gasteiger partial charge in [-0.15, -0.1) is 0 Å². The summed E-state index contributed by atoms with van der Waals surface area (Å²) in [6.07, 6.45) is 10.7. The van der Waals surface area contributed by atoms with Crippen LogP contribution >= 0.6 is 0 Å². The Morgan fingerprint density at radius 1 is 1.00 bits per heavy atom. The van der Waals surface area contributed by atoms with E-state index in [2.05, 4.69) is 51.1 Å². The predicted octanol–water partition coefficient (Wildman–Crippen LogP) is 5.08. The minimum Gasteiger partial charge on any atom is -0.321 e. The number of aromatic nitrogens is 5. The molecule has 0 unspecified atom stereocenters. The molecule has 5 heterocycles. The van der Waals surface area contributed by atoms with Gasteiger partial charge in [-0.1, -0.05) is 19.9 Å². The molecule has 0 amide bonds. The molecule has 0 saturated heterocycles. The van der Waals surface area contributed by atoms with Gasteiger partial charge in [-0.05, 0) is 49.3 Å². The van der Waals surface area contributed by atoms with Crippen molar-refractivity contribution < 1.29 is 0 Å². The maximum Gasteiger partial charge on any atom is 0.230 e. The van der Waals surface area contributed by atoms with Crippen LogP contribution in [0.15, 0.2) is 36.8 Å². The van der Waals surface area contributed by atoms with Crippen molar-refractivity contribution in [1.82, 2.24) is 29.8 Å². The molecule has 0 radical (unpaired) electrons. The van der Waals surface area contributed by atoms with Gasteiger partial charge in [0.15, 0.2) is 0 Å². The number of rotatable bonds is 3. The number of anilines is 2. The second-order valence-corrected chi connectivity index (χ2v) is 9.51. The summed E-state index contributed by atoms with van der Waals surface area (Å²) in [5.74, 6) is 2.59. The largest absolute Gasteiger partial charge is 0.321 e. The quantitative estimate of drug-likeness (QED) is 0.475. The van der Waals surface area contributed by atoms with Crippen molar-refractivity contribution in [3.8, 4) is 0 Å². The summed E-state index contributed by atoms with van der Waals surface area (Å²) in [5.41, 5.74) is 4.57. The molecular formula is C25H29N7. The highest BCUT2D eigenvalue weighted by molar-refractivity contribution is 6.06. The van der Waals surface area contributed by atoms with E-state index >= 15 is 0 Å². The maximum absolute atomic E-state index is 4.99. The van der Waals surface area contributed by atoms with Crippen molar-refractivity contribution in [3.05, 3.63) is 48.0 Å². The first-order valence-corrected chi connectivity index (χ1v) is 11.8. The van der Waals surface area contributed by atoms with E-state index in [4.69, 9.17) is 9.97 Å². The molecule has 1 aliphatic heterocycles. The van der Waals surface area contributed by atoms with Crippen LogP contribution in [-0.4, -0.2) is 31.0 Å². The van der Waals surface area contributed by atoms with Crippen molar-refractivity contribution in [1.29, 1.82) is 0 Å². The summed E-state index contributed by atoms with van der Waals surface area (Å²) in [5, 5.41) is 9.07. The summed E-state index contributed by atoms with van der Waals surface area (Å²) in [6.45, 7) is 6.40. The molecule has 1 saturated carbocycles. The zero-order valence-electron chi connectivity index (χ0n) is 18.7. The number of fused-ring (bicyclic) bond motifs is 4. The van der Waals surface area contributed by atoms with Gasteiger partial charge < -0.3 is 15.2 Å². The highest BCUT2D eigenvalue weighted by Gasteiger charge is 2.25. The third kappa shape index (κ3) is 3.32. The molecule has 32 heavy (non-hydrogen) atoms. The first-order valence-electron chi connectivity index (χ1n) is 11.8. The Morgan fingerprint density at radius 2 is 1.88 bits per heavy atom. The van der Waals surface area contributed by atoms with Gasteiger partial charge >= 0.3 is 0 Å². The van der Waals surface area contributed by atoms with Crippen molar-refractivity contribution in [2.75, 3.05) is 11.9 Å². The third-order valence-electron chi connectivity index (χ3n) is 7.18. The standard InChI is InChI=1S/C25H29N7/c1-15-3-6-18(7-4-15)32-21-14-26-10-9-19(21)20-13-28-25(31-24(20)32)30-22-8-5-17-12-27-11-16(2)23(17)29-22/h5,8-10,13-16,18,27H,3-4,6-7,11-12H2,1-2H3,(H,28,29,30,31)/t15-,16-,18-/m1/s1. The second-order valence-electron chi connectivity index (χ2n) is 9.51. The number of hydrogen-bond donors (Lipinski definition) is 2. The highest BCUT2D eigenvalue weighted by atomic mass is 15.2. The van der Waals surface area contributed by atoms with Crippen molar-refractivity contribution in [3.63, 3.8) is 0 Å². The molecule has 1 atom stereocenters. The second kappa shape index (κ2) is 7.81. The Hall–Kier alpha value is -3.06. The number of pyridine rings is 2. The third-order valence-corrected chi connectivity index (χ3v) is 7.18. The van der Waals surface area contributed by atoms with Crippen LogP contribution in [0.2, 0.25) is 0 Å². The smallest absolute Gasteiger partial charge is 0.230 e. The Balaban J connectivity index is 1.41. The zero-order valence-corrected chi connectivity index (χ0v) is 18.7. The number of hydrogen-bond acceptors (Lipinski definition) is 6. The van der Waals surface area contributed by atoms with Crippen LogP contribution in [0.1, 0.15) is 62.7 Å². The Kier molecular flexibility index (Phi) is 4.79. The summed E-state index contributed by atoms with van der Waals surface area (Å²) < 4.78 is 2.41. The molecule has 7 heteroatoms. The van der Waals surface area contributed by atoms with Crippen molar-refractivity contribution >= 4 is 33.7 Å². The molecule has 6 rings (SSSR count). The Labute approximate surface area is 187 Å². The van der Waals surface area contributed by atoms with Crippen LogP contribution < -0.4 is 10.6 Å². The van der Waals surface area contributed by atoms with Gasteiger partial charge in [0.2, 0.25) is 5.95 Å². The summed E-state index contributed by atoms with van der Waals surface area (Å²) in [6, 6.07) is 6.70. The molecule has 1 fully saturated rings. The van der Waals surface area contributed by atoms with Gasteiger partial charge in [-0.3, -0.25) is 4.98 Å². The van der Waals surface area contributed by atoms with Crippen LogP contribution in [-0.2, 0) is 6.54 Å². The topological polar surface area (TPSA) is 80.5 Å². The normalized spacial score (nSPS) is 23.4. The maximum atomic E-state index is 4.99. The lowest BCUT2D eigenvalue weighted by Gasteiger charge is -2.28. The average Bonchev–Trinajstić information content (AvgIpc) is 3.14. The van der Waals surface area contributed by atoms with Crippen molar-refractivity contribution in [2.24, 2.45) is 5.92 Å². The van der Waals surface area contributed by atoms with E-state index in [1.54, 1.807) is 0 Å². The summed E-state index contributed by atoms with van der Waals surface area (Å²) in [7, 11) is 0. The number of nitrogens with one attached hydrogen (secondary N) is 2. The molecule has 7 nitrogen and oxygen atoms in total. The van der Waals surface area contributed by atoms with Gasteiger partial charge in [-0.2, -0.15) is 4.98 Å². The van der Waals surface area contributed by atoms with E-state index in [1.165, 1.54) is 36.6 Å². The molecule has 164 valence electrons. The minimum absolute atomic E-state index is 0.396. The fourth-order valence-electron chi connectivity index (χ4n) is 5.38. The minimum atomic E-state index is 0.396. The lowest BCUT2D eigenvalue weighted by atomic mass is 9.87. The molecular weight excluding hydrogens is 398 g/mol. The average molecular weight is 428 g/mol. The van der Waals surface area contributed by atoms with E-state index in [-0.39, 0.29) is 0 Å². The van der Waals surface area contributed by atoms with E-state index in [0.29, 0.717) is 17.9 Å². The first-order chi connectivity index (χ1) is 15.7.